The molecule has 8 aliphatic rings. The van der Waals surface area contributed by atoms with Crippen LogP contribution in [-0.4, -0.2) is 29.2 Å². The van der Waals surface area contributed by atoms with Crippen LogP contribution >= 0.6 is 31.9 Å². The summed E-state index contributed by atoms with van der Waals surface area (Å²) in [6, 6.07) is 36.9. The van der Waals surface area contributed by atoms with Gasteiger partial charge in [-0.3, -0.25) is 4.55 Å². The Bertz CT molecular complexity index is 1930. The highest BCUT2D eigenvalue weighted by atomic mass is 79.9. The van der Waals surface area contributed by atoms with Crippen LogP contribution < -0.4 is 0 Å². The van der Waals surface area contributed by atoms with Crippen molar-refractivity contribution in [3.05, 3.63) is 118 Å². The smallest absolute Gasteiger partial charge is 0.390 e. The minimum absolute atomic E-state index is 0.200. The van der Waals surface area contributed by atoms with E-state index in [-0.39, 0.29) is 5.60 Å². The van der Waals surface area contributed by atoms with Gasteiger partial charge in [-0.1, -0.05) is 111 Å². The molecule has 12 rings (SSSR count). The third kappa shape index (κ3) is 9.97. The zero-order valence-corrected chi connectivity index (χ0v) is 34.8. The zero-order chi connectivity index (χ0) is 39.0. The Morgan fingerprint density at radius 2 is 0.800 bits per heavy atom. The van der Waals surface area contributed by atoms with Crippen LogP contribution in [0.25, 0.3) is 22.3 Å². The van der Waals surface area contributed by atoms with Crippen LogP contribution in [-0.2, 0) is 15.5 Å². The molecule has 8 saturated carbocycles. The fourth-order valence-corrected chi connectivity index (χ4v) is 12.0. The number of alkyl halides is 3. The standard InChI is InChI=1S/C22H23Br.C12H9Br.C10H16O.CHF3O3S/c23-21-7-3-19(4-8-21)18-1-5-20(6-2-18)22-12-15-9-16(13-22)11-17(10-15)14-22;13-12-8-6-11(7-9-12)10-4-2-1-3-5-10;11-10-4-7-1-8(5-10)3-9(2-7)6-10;2-1(3,4)8(5,6)7/h1-8,15-17H,9-14H2;1-9H;7-9,11H,1-6H2;(H,5,6,7). The van der Waals surface area contributed by atoms with Crippen LogP contribution in [0.4, 0.5) is 13.2 Å². The molecule has 0 amide bonds. The largest absolute Gasteiger partial charge is 0.522 e. The molecule has 0 aromatic heterocycles. The van der Waals surface area contributed by atoms with Crippen LogP contribution in [0.3, 0.4) is 0 Å². The highest BCUT2D eigenvalue weighted by Crippen LogP contribution is 2.61. The Labute approximate surface area is 340 Å². The van der Waals surface area contributed by atoms with E-state index in [4.69, 9.17) is 13.0 Å². The molecular weight excluding hydrogens is 853 g/mol. The van der Waals surface area contributed by atoms with Gasteiger partial charge in [-0.2, -0.15) is 21.6 Å². The van der Waals surface area contributed by atoms with E-state index in [2.05, 4.69) is 129 Å². The first-order chi connectivity index (χ1) is 26.0. The molecule has 4 nitrogen and oxygen atoms in total. The van der Waals surface area contributed by atoms with Crippen LogP contribution in [0.1, 0.15) is 82.6 Å². The van der Waals surface area contributed by atoms with E-state index in [0.717, 1.165) is 63.7 Å². The van der Waals surface area contributed by atoms with E-state index in [0.29, 0.717) is 5.41 Å². The van der Waals surface area contributed by atoms with Crippen molar-refractivity contribution in [2.45, 2.75) is 93.6 Å². The number of rotatable bonds is 3. The first kappa shape index (κ1) is 40.7. The lowest BCUT2D eigenvalue weighted by Crippen LogP contribution is -2.50. The van der Waals surface area contributed by atoms with E-state index in [1.807, 2.05) is 6.07 Å². The molecule has 0 radical (unpaired) electrons. The summed E-state index contributed by atoms with van der Waals surface area (Å²) in [5, 5.41) is 10.1. The maximum absolute atomic E-state index is 10.7. The molecule has 0 atom stereocenters. The summed E-state index contributed by atoms with van der Waals surface area (Å²) in [5.74, 6) is 5.75. The Morgan fingerprint density at radius 1 is 0.509 bits per heavy atom. The molecule has 0 heterocycles. The molecule has 2 N–H and O–H groups in total. The molecule has 4 aromatic carbocycles. The lowest BCUT2D eigenvalue weighted by Gasteiger charge is -2.57. The SMILES string of the molecule is Brc1ccc(-c2ccc(C34CC5CC(CC(C5)C3)C4)cc2)cc1.Brc1ccc(-c2ccccc2)cc1.O=S(=O)(O)C(F)(F)F.OC12CC3CC(CC(C3)C1)C2. The number of aliphatic hydroxyl groups is 1. The molecule has 0 unspecified atom stereocenters. The fraction of sp³-hybridized carbons (Fsp3) is 0.467. The molecule has 8 fully saturated rings. The molecule has 8 aliphatic carbocycles. The summed E-state index contributed by atoms with van der Waals surface area (Å²) in [7, 11) is -5.84. The van der Waals surface area contributed by atoms with Crippen LogP contribution in [0.5, 0.6) is 0 Å². The number of hydrogen-bond acceptors (Lipinski definition) is 3. The molecule has 0 aliphatic heterocycles. The van der Waals surface area contributed by atoms with Crippen molar-refractivity contribution in [3.8, 4) is 22.3 Å². The first-order valence-corrected chi connectivity index (χ1v) is 22.5. The summed E-state index contributed by atoms with van der Waals surface area (Å²) in [6.45, 7) is 0. The Hall–Kier alpha value is -2.50. The summed E-state index contributed by atoms with van der Waals surface area (Å²) in [4.78, 5) is 0. The Balaban J connectivity index is 0.000000124. The normalized spacial score (nSPS) is 31.0. The van der Waals surface area contributed by atoms with Crippen molar-refractivity contribution < 1.29 is 31.2 Å². The predicted molar refractivity (Wildman–Crippen MR) is 220 cm³/mol. The quantitative estimate of drug-likeness (QED) is 0.159. The van der Waals surface area contributed by atoms with Crippen LogP contribution in [0.15, 0.2) is 112 Å². The minimum Gasteiger partial charge on any atom is -0.390 e. The van der Waals surface area contributed by atoms with E-state index in [9.17, 15) is 18.3 Å². The van der Waals surface area contributed by atoms with Gasteiger partial charge in [0, 0.05) is 8.95 Å². The van der Waals surface area contributed by atoms with Gasteiger partial charge in [0.05, 0.1) is 5.60 Å². The van der Waals surface area contributed by atoms with Crippen molar-refractivity contribution in [1.82, 2.24) is 0 Å². The van der Waals surface area contributed by atoms with E-state index >= 15 is 0 Å². The number of hydrogen-bond donors (Lipinski definition) is 2. The second kappa shape index (κ2) is 16.4. The van der Waals surface area contributed by atoms with Crippen molar-refractivity contribution in [1.29, 1.82) is 0 Å². The second-order valence-electron chi connectivity index (χ2n) is 17.2. The number of benzene rings is 4. The average molecular weight is 903 g/mol. The summed E-state index contributed by atoms with van der Waals surface area (Å²) in [5.41, 5.74) is 1.57. The van der Waals surface area contributed by atoms with Gasteiger partial charge in [0.25, 0.3) is 0 Å². The molecular formula is C45H49Br2F3O4S. The van der Waals surface area contributed by atoms with Crippen molar-refractivity contribution >= 4 is 42.0 Å². The molecule has 8 bridgehead atoms. The maximum atomic E-state index is 10.7. The Morgan fingerprint density at radius 3 is 1.11 bits per heavy atom. The van der Waals surface area contributed by atoms with E-state index in [1.165, 1.54) is 80.0 Å². The topological polar surface area (TPSA) is 74.6 Å². The lowest BCUT2D eigenvalue weighted by atomic mass is 9.48. The van der Waals surface area contributed by atoms with Gasteiger partial charge in [0.1, 0.15) is 0 Å². The van der Waals surface area contributed by atoms with E-state index in [1.54, 1.807) is 5.56 Å². The van der Waals surface area contributed by atoms with Gasteiger partial charge >= 0.3 is 15.6 Å². The fourth-order valence-electron chi connectivity index (χ4n) is 11.5. The van der Waals surface area contributed by atoms with Gasteiger partial charge in [0.2, 0.25) is 0 Å². The first-order valence-electron chi connectivity index (χ1n) is 19.5. The summed E-state index contributed by atoms with van der Waals surface area (Å²) >= 11 is 6.94. The van der Waals surface area contributed by atoms with Crippen molar-refractivity contribution in [2.24, 2.45) is 35.5 Å². The summed E-state index contributed by atoms with van der Waals surface area (Å²) < 4.78 is 59.8. The third-order valence-electron chi connectivity index (χ3n) is 13.0. The monoisotopic (exact) mass is 900 g/mol. The van der Waals surface area contributed by atoms with Gasteiger partial charge in [-0.25, -0.2) is 0 Å². The van der Waals surface area contributed by atoms with Gasteiger partial charge in [0.15, 0.2) is 0 Å². The molecule has 10 heteroatoms. The van der Waals surface area contributed by atoms with E-state index < -0.39 is 15.6 Å². The molecule has 4 aromatic rings. The molecule has 294 valence electrons. The van der Waals surface area contributed by atoms with Crippen LogP contribution in [0.2, 0.25) is 0 Å². The third-order valence-corrected chi connectivity index (χ3v) is 14.6. The molecule has 0 saturated heterocycles. The molecule has 55 heavy (non-hydrogen) atoms. The van der Waals surface area contributed by atoms with Gasteiger partial charge < -0.3 is 5.11 Å². The average Bonchev–Trinajstić information content (AvgIpc) is 3.11. The summed E-state index contributed by atoms with van der Waals surface area (Å²) in [6.07, 6.45) is 16.6. The predicted octanol–water partition coefficient (Wildman–Crippen LogP) is 13.0. The highest BCUT2D eigenvalue weighted by molar-refractivity contribution is 9.10. The highest BCUT2D eigenvalue weighted by Gasteiger charge is 2.52. The Kier molecular flexibility index (Phi) is 12.1. The maximum Gasteiger partial charge on any atom is 0.522 e. The van der Waals surface area contributed by atoms with Crippen molar-refractivity contribution in [2.75, 3.05) is 0 Å². The second-order valence-corrected chi connectivity index (χ2v) is 20.5. The zero-order valence-electron chi connectivity index (χ0n) is 30.8. The van der Waals surface area contributed by atoms with Gasteiger partial charge in [-0.15, -0.1) is 0 Å². The van der Waals surface area contributed by atoms with Gasteiger partial charge in [-0.05, 0) is 170 Å². The van der Waals surface area contributed by atoms with Crippen LogP contribution in [0, 0.1) is 35.5 Å². The van der Waals surface area contributed by atoms with Crippen molar-refractivity contribution in [3.63, 3.8) is 0 Å². The minimum atomic E-state index is -5.84. The lowest BCUT2D eigenvalue weighted by molar-refractivity contribution is -0.124. The number of halogens is 5. The molecule has 0 spiro atoms.